The summed E-state index contributed by atoms with van der Waals surface area (Å²) in [5, 5.41) is 0.0564. The highest BCUT2D eigenvalue weighted by Crippen LogP contribution is 2.44. The number of benzene rings is 1. The van der Waals surface area contributed by atoms with Gasteiger partial charge in [0, 0.05) is 38.3 Å². The van der Waals surface area contributed by atoms with Gasteiger partial charge in [-0.05, 0) is 43.4 Å². The zero-order valence-corrected chi connectivity index (χ0v) is 21.8. The van der Waals surface area contributed by atoms with Crippen LogP contribution >= 0.6 is 36.4 Å². The second kappa shape index (κ2) is 11.8. The van der Waals surface area contributed by atoms with E-state index in [1.807, 2.05) is 0 Å². The minimum absolute atomic E-state index is 0. The lowest BCUT2D eigenvalue weighted by atomic mass is 10.0. The highest BCUT2D eigenvalue weighted by Gasteiger charge is 2.37. The Labute approximate surface area is 217 Å². The molecule has 11 heteroatoms. The summed E-state index contributed by atoms with van der Waals surface area (Å²) in [6, 6.07) is 3.85. The second-order valence-corrected chi connectivity index (χ2v) is 9.15. The number of hydrogen-bond donors (Lipinski definition) is 1. The lowest BCUT2D eigenvalue weighted by Gasteiger charge is -2.42. The van der Waals surface area contributed by atoms with E-state index in [2.05, 4.69) is 28.7 Å². The van der Waals surface area contributed by atoms with E-state index in [9.17, 15) is 9.18 Å². The van der Waals surface area contributed by atoms with Crippen molar-refractivity contribution in [3.8, 4) is 0 Å². The van der Waals surface area contributed by atoms with Crippen LogP contribution in [-0.4, -0.2) is 59.6 Å². The molecule has 188 valence electrons. The van der Waals surface area contributed by atoms with E-state index in [0.717, 1.165) is 23.5 Å². The molecule has 7 nitrogen and oxygen atoms in total. The first-order valence-corrected chi connectivity index (χ1v) is 11.3. The predicted octanol–water partition coefficient (Wildman–Crippen LogP) is 3.91. The third kappa shape index (κ3) is 5.57. The maximum Gasteiger partial charge on any atom is 0.239 e. The number of halogens is 4. The van der Waals surface area contributed by atoms with E-state index >= 15 is 0 Å². The van der Waals surface area contributed by atoms with Gasteiger partial charge in [0.1, 0.15) is 24.1 Å². The molecule has 2 N–H and O–H groups in total. The normalized spacial score (nSPS) is 22.5. The van der Waals surface area contributed by atoms with Gasteiger partial charge < -0.3 is 20.3 Å². The molecule has 2 aliphatic rings. The number of carbonyl (C=O) groups excluding carboxylic acids is 1. The summed E-state index contributed by atoms with van der Waals surface area (Å²) in [5.74, 6) is 0.606. The van der Waals surface area contributed by atoms with Crippen LogP contribution in [0.3, 0.4) is 0 Å². The quantitative estimate of drug-likeness (QED) is 0.626. The molecule has 1 amide bonds. The van der Waals surface area contributed by atoms with Gasteiger partial charge in [0.05, 0.1) is 16.8 Å². The maximum absolute atomic E-state index is 13.7. The molecule has 2 unspecified atom stereocenters. The van der Waals surface area contributed by atoms with Gasteiger partial charge in [-0.25, -0.2) is 14.4 Å². The highest BCUT2D eigenvalue weighted by atomic mass is 35.5. The van der Waals surface area contributed by atoms with Crippen LogP contribution in [-0.2, 0) is 16.0 Å². The summed E-state index contributed by atoms with van der Waals surface area (Å²) >= 11 is 5.74. The molecule has 0 bridgehead atoms. The fourth-order valence-electron chi connectivity index (χ4n) is 4.83. The van der Waals surface area contributed by atoms with Crippen LogP contribution in [0.2, 0.25) is 5.02 Å². The number of methoxy groups -OCH3 is 1. The first-order valence-electron chi connectivity index (χ1n) is 10.9. The number of rotatable bonds is 5. The van der Waals surface area contributed by atoms with Crippen molar-refractivity contribution in [2.45, 2.75) is 50.8 Å². The second-order valence-electron chi connectivity index (χ2n) is 8.74. The molecule has 1 aliphatic heterocycles. The van der Waals surface area contributed by atoms with Crippen molar-refractivity contribution in [1.82, 2.24) is 14.9 Å². The molecular formula is C23H31Cl3FN5O2. The van der Waals surface area contributed by atoms with Gasteiger partial charge in [0.15, 0.2) is 0 Å². The molecule has 34 heavy (non-hydrogen) atoms. The Bertz CT molecular complexity index is 1010. The first-order chi connectivity index (χ1) is 15.3. The van der Waals surface area contributed by atoms with Crippen molar-refractivity contribution in [2.24, 2.45) is 5.73 Å². The molecule has 0 radical (unpaired) electrons. The number of ether oxygens (including phenoxy) is 1. The standard InChI is InChI=1S/C23H29ClFN5O2.2ClH/c1-13-8-19(32-3)21-20(13)22(28-12-27-21)30-7-6-29(11-14(30)2)23(31)18(26)10-15-4-5-16(24)17(25)9-15;;/h4-5,9,12-14,18-19H,6-8,10-11,26H2,1-3H3;2*1H/t13-,14?,18?,19-;;/m1../s1. The molecule has 1 saturated heterocycles. The smallest absolute Gasteiger partial charge is 0.239 e. The fourth-order valence-corrected chi connectivity index (χ4v) is 4.95. The average Bonchev–Trinajstić information content (AvgIpc) is 3.11. The van der Waals surface area contributed by atoms with Gasteiger partial charge >= 0.3 is 0 Å². The molecule has 4 rings (SSSR count). The third-order valence-corrected chi connectivity index (χ3v) is 6.82. The number of nitrogens with zero attached hydrogens (tertiary/aromatic N) is 4. The number of carbonyl (C=O) groups is 1. The zero-order valence-electron chi connectivity index (χ0n) is 19.4. The summed E-state index contributed by atoms with van der Waals surface area (Å²) in [6.07, 6.45) is 2.75. The monoisotopic (exact) mass is 533 g/mol. The number of anilines is 1. The van der Waals surface area contributed by atoms with Crippen molar-refractivity contribution in [3.05, 3.63) is 52.2 Å². The Balaban J connectivity index is 0.00000204. The lowest BCUT2D eigenvalue weighted by Crippen LogP contribution is -2.57. The van der Waals surface area contributed by atoms with Crippen LogP contribution in [0.25, 0.3) is 0 Å². The number of piperazine rings is 1. The predicted molar refractivity (Wildman–Crippen MR) is 136 cm³/mol. The minimum atomic E-state index is -0.736. The summed E-state index contributed by atoms with van der Waals surface area (Å²) in [4.78, 5) is 26.1. The maximum atomic E-state index is 13.7. The van der Waals surface area contributed by atoms with Gasteiger partial charge in [0.2, 0.25) is 5.91 Å². The van der Waals surface area contributed by atoms with E-state index < -0.39 is 11.9 Å². The Morgan fingerprint density at radius 2 is 2.03 bits per heavy atom. The molecule has 0 saturated carbocycles. The Morgan fingerprint density at radius 3 is 2.68 bits per heavy atom. The van der Waals surface area contributed by atoms with Gasteiger partial charge in [-0.3, -0.25) is 4.79 Å². The molecular weight excluding hydrogens is 504 g/mol. The van der Waals surface area contributed by atoms with Crippen LogP contribution in [0.15, 0.2) is 24.5 Å². The minimum Gasteiger partial charge on any atom is -0.375 e. The molecule has 1 aromatic heterocycles. The number of hydrogen-bond acceptors (Lipinski definition) is 6. The topological polar surface area (TPSA) is 84.6 Å². The molecule has 2 heterocycles. The lowest BCUT2D eigenvalue weighted by molar-refractivity contribution is -0.133. The van der Waals surface area contributed by atoms with Crippen molar-refractivity contribution >= 4 is 48.1 Å². The molecule has 1 aromatic carbocycles. The fraction of sp³-hybridized carbons (Fsp3) is 0.522. The average molecular weight is 535 g/mol. The van der Waals surface area contributed by atoms with Gasteiger partial charge in [-0.15, -0.1) is 24.8 Å². The van der Waals surface area contributed by atoms with Crippen molar-refractivity contribution in [3.63, 3.8) is 0 Å². The van der Waals surface area contributed by atoms with E-state index in [-0.39, 0.29) is 54.3 Å². The Hall–Kier alpha value is -1.71. The molecule has 1 fully saturated rings. The van der Waals surface area contributed by atoms with Crippen LogP contribution < -0.4 is 10.6 Å². The van der Waals surface area contributed by atoms with E-state index in [1.165, 1.54) is 12.1 Å². The number of amides is 1. The van der Waals surface area contributed by atoms with Crippen LogP contribution in [0.4, 0.5) is 10.2 Å². The largest absolute Gasteiger partial charge is 0.375 e. The van der Waals surface area contributed by atoms with Gasteiger partial charge in [0.25, 0.3) is 0 Å². The summed E-state index contributed by atoms with van der Waals surface area (Å²) < 4.78 is 19.3. The SMILES string of the molecule is CO[C@@H]1C[C@@H](C)c2c1ncnc2N1CCN(C(=O)C(N)Cc2ccc(Cl)c(F)c2)CC1C.Cl.Cl. The molecule has 0 spiro atoms. The van der Waals surface area contributed by atoms with Gasteiger partial charge in [-0.2, -0.15) is 0 Å². The van der Waals surface area contributed by atoms with Crippen molar-refractivity contribution < 1.29 is 13.9 Å². The summed E-state index contributed by atoms with van der Waals surface area (Å²) in [7, 11) is 1.71. The first kappa shape index (κ1) is 28.5. The number of aromatic nitrogens is 2. The zero-order chi connectivity index (χ0) is 23.0. The highest BCUT2D eigenvalue weighted by molar-refractivity contribution is 6.30. The van der Waals surface area contributed by atoms with Gasteiger partial charge in [-0.1, -0.05) is 24.6 Å². The molecule has 1 aliphatic carbocycles. The van der Waals surface area contributed by atoms with E-state index in [4.69, 9.17) is 22.1 Å². The Kier molecular flexibility index (Phi) is 9.91. The third-order valence-electron chi connectivity index (χ3n) is 6.51. The van der Waals surface area contributed by atoms with Crippen LogP contribution in [0.5, 0.6) is 0 Å². The molecule has 2 aromatic rings. The van der Waals surface area contributed by atoms with Crippen molar-refractivity contribution in [2.75, 3.05) is 31.6 Å². The van der Waals surface area contributed by atoms with E-state index in [1.54, 1.807) is 24.4 Å². The Morgan fingerprint density at radius 1 is 1.29 bits per heavy atom. The number of fused-ring (bicyclic) bond motifs is 1. The van der Waals surface area contributed by atoms with Crippen molar-refractivity contribution in [1.29, 1.82) is 0 Å². The number of nitrogens with two attached hydrogens (primary N) is 1. The van der Waals surface area contributed by atoms with Crippen LogP contribution in [0.1, 0.15) is 49.1 Å². The van der Waals surface area contributed by atoms with E-state index in [0.29, 0.717) is 31.1 Å². The molecule has 4 atom stereocenters. The van der Waals surface area contributed by atoms with Crippen LogP contribution in [0, 0.1) is 5.82 Å². The summed E-state index contributed by atoms with van der Waals surface area (Å²) in [6.45, 7) is 6.01. The summed E-state index contributed by atoms with van der Waals surface area (Å²) in [5.41, 5.74) is 8.95.